The number of carbonyl (C=O) groups is 1. The van der Waals surface area contributed by atoms with Crippen LogP contribution in [0.1, 0.15) is 21.6 Å². The molecule has 2 aromatic rings. The smallest absolute Gasteiger partial charge is 0.257 e. The fourth-order valence-corrected chi connectivity index (χ4v) is 3.30. The van der Waals surface area contributed by atoms with E-state index in [1.165, 1.54) is 0 Å². The predicted octanol–water partition coefficient (Wildman–Crippen LogP) is 2.00. The van der Waals surface area contributed by atoms with Gasteiger partial charge >= 0.3 is 0 Å². The number of nitrogens with one attached hydrogen (secondary N) is 1. The molecule has 0 saturated carbocycles. The molecule has 1 aromatic heterocycles. The third kappa shape index (κ3) is 1.35. The second kappa shape index (κ2) is 4.04. The average molecular weight is 286 g/mol. The Hall–Kier alpha value is -1.91. The third-order valence-corrected chi connectivity index (χ3v) is 4.26. The zero-order valence-electron chi connectivity index (χ0n) is 10.6. The van der Waals surface area contributed by atoms with E-state index in [1.807, 2.05) is 35.2 Å². The van der Waals surface area contributed by atoms with Crippen molar-refractivity contribution in [2.24, 2.45) is 0 Å². The Morgan fingerprint density at radius 1 is 1.25 bits per heavy atom. The summed E-state index contributed by atoms with van der Waals surface area (Å²) in [4.78, 5) is 18.9. The van der Waals surface area contributed by atoms with Crippen molar-refractivity contribution < 1.29 is 4.79 Å². The van der Waals surface area contributed by atoms with E-state index in [-0.39, 0.29) is 5.91 Å². The lowest BCUT2D eigenvalue weighted by molar-refractivity contribution is 0.0692. The molecule has 0 spiro atoms. The Bertz CT molecular complexity index is 701. The number of halogens is 1. The van der Waals surface area contributed by atoms with Crippen molar-refractivity contribution >= 4 is 17.5 Å². The molecule has 100 valence electrons. The molecule has 1 unspecified atom stereocenters. The van der Waals surface area contributed by atoms with Crippen molar-refractivity contribution in [3.63, 3.8) is 0 Å². The summed E-state index contributed by atoms with van der Waals surface area (Å²) in [5, 5.41) is 4.13. The summed E-state index contributed by atoms with van der Waals surface area (Å²) >= 11 is 5.97. The maximum Gasteiger partial charge on any atom is 0.257 e. The maximum absolute atomic E-state index is 12.5. The van der Waals surface area contributed by atoms with Gasteiger partial charge in [-0.25, -0.2) is 0 Å². The molecule has 0 radical (unpaired) electrons. The van der Waals surface area contributed by atoms with Crippen molar-refractivity contribution in [3.05, 3.63) is 64.4 Å². The SMILES string of the molecule is O=C1c2cccnc2C2(c3ccc(Cl)cc3)NCCN12. The number of carbonyl (C=O) groups excluding carboxylic acids is 1. The molecule has 1 amide bonds. The topological polar surface area (TPSA) is 45.2 Å². The van der Waals surface area contributed by atoms with Gasteiger partial charge in [0.05, 0.1) is 11.3 Å². The van der Waals surface area contributed by atoms with Crippen molar-refractivity contribution in [2.45, 2.75) is 5.66 Å². The van der Waals surface area contributed by atoms with E-state index in [0.29, 0.717) is 17.1 Å². The van der Waals surface area contributed by atoms with Gasteiger partial charge in [-0.2, -0.15) is 0 Å². The molecule has 5 heteroatoms. The molecule has 0 bridgehead atoms. The highest BCUT2D eigenvalue weighted by Crippen LogP contribution is 2.43. The van der Waals surface area contributed by atoms with Gasteiger partial charge in [0.2, 0.25) is 0 Å². The van der Waals surface area contributed by atoms with E-state index >= 15 is 0 Å². The fourth-order valence-electron chi connectivity index (χ4n) is 3.17. The molecule has 20 heavy (non-hydrogen) atoms. The van der Waals surface area contributed by atoms with E-state index in [9.17, 15) is 4.79 Å². The molecule has 4 rings (SSSR count). The van der Waals surface area contributed by atoms with Crippen molar-refractivity contribution in [3.8, 4) is 0 Å². The van der Waals surface area contributed by atoms with Crippen LogP contribution in [0, 0.1) is 0 Å². The highest BCUT2D eigenvalue weighted by atomic mass is 35.5. The first kappa shape index (κ1) is 11.9. The largest absolute Gasteiger partial charge is 0.309 e. The molecule has 1 atom stereocenters. The Morgan fingerprint density at radius 3 is 2.85 bits per heavy atom. The second-order valence-electron chi connectivity index (χ2n) is 5.00. The van der Waals surface area contributed by atoms with Gasteiger partial charge < -0.3 is 4.90 Å². The lowest BCUT2D eigenvalue weighted by Gasteiger charge is -2.32. The summed E-state index contributed by atoms with van der Waals surface area (Å²) in [7, 11) is 0. The minimum absolute atomic E-state index is 0.0352. The summed E-state index contributed by atoms with van der Waals surface area (Å²) < 4.78 is 0. The first-order valence-corrected chi connectivity index (χ1v) is 6.90. The molecule has 1 N–H and O–H groups in total. The van der Waals surface area contributed by atoms with Gasteiger partial charge in [0, 0.05) is 24.3 Å². The van der Waals surface area contributed by atoms with Gasteiger partial charge in [-0.3, -0.25) is 15.1 Å². The number of aromatic nitrogens is 1. The number of fused-ring (bicyclic) bond motifs is 3. The number of pyridine rings is 1. The molecular weight excluding hydrogens is 274 g/mol. The number of rotatable bonds is 1. The van der Waals surface area contributed by atoms with Crippen LogP contribution in [0.2, 0.25) is 5.02 Å². The van der Waals surface area contributed by atoms with Crippen LogP contribution in [-0.2, 0) is 5.66 Å². The number of hydrogen-bond acceptors (Lipinski definition) is 3. The van der Waals surface area contributed by atoms with E-state index in [0.717, 1.165) is 17.8 Å². The first-order chi connectivity index (χ1) is 9.73. The second-order valence-corrected chi connectivity index (χ2v) is 5.44. The van der Waals surface area contributed by atoms with Gasteiger partial charge in [-0.05, 0) is 29.8 Å². The van der Waals surface area contributed by atoms with Crippen molar-refractivity contribution in [1.82, 2.24) is 15.2 Å². The van der Waals surface area contributed by atoms with Crippen LogP contribution >= 0.6 is 11.6 Å². The van der Waals surface area contributed by atoms with Crippen LogP contribution in [0.3, 0.4) is 0 Å². The van der Waals surface area contributed by atoms with Crippen LogP contribution < -0.4 is 5.32 Å². The van der Waals surface area contributed by atoms with E-state index in [4.69, 9.17) is 11.6 Å². The zero-order chi connectivity index (χ0) is 13.7. The van der Waals surface area contributed by atoms with E-state index in [1.54, 1.807) is 12.3 Å². The van der Waals surface area contributed by atoms with Crippen LogP contribution in [0.5, 0.6) is 0 Å². The lowest BCUT2D eigenvalue weighted by atomic mass is 9.96. The Labute approximate surface area is 121 Å². The first-order valence-electron chi connectivity index (χ1n) is 6.52. The van der Waals surface area contributed by atoms with Gasteiger partial charge in [0.25, 0.3) is 5.91 Å². The number of benzene rings is 1. The highest BCUT2D eigenvalue weighted by molar-refractivity contribution is 6.30. The molecule has 1 saturated heterocycles. The summed E-state index contributed by atoms with van der Waals surface area (Å²) in [6.45, 7) is 1.43. The van der Waals surface area contributed by atoms with Crippen LogP contribution in [0.15, 0.2) is 42.6 Å². The number of amides is 1. The quantitative estimate of drug-likeness (QED) is 0.872. The van der Waals surface area contributed by atoms with Crippen LogP contribution in [-0.4, -0.2) is 28.9 Å². The molecule has 1 fully saturated rings. The molecule has 1 aromatic carbocycles. The molecule has 4 nitrogen and oxygen atoms in total. The van der Waals surface area contributed by atoms with E-state index < -0.39 is 5.66 Å². The normalized spacial score (nSPS) is 23.9. The van der Waals surface area contributed by atoms with Crippen molar-refractivity contribution in [2.75, 3.05) is 13.1 Å². The zero-order valence-corrected chi connectivity index (χ0v) is 11.4. The molecule has 0 aliphatic carbocycles. The van der Waals surface area contributed by atoms with Crippen LogP contribution in [0.4, 0.5) is 0 Å². The van der Waals surface area contributed by atoms with Crippen molar-refractivity contribution in [1.29, 1.82) is 0 Å². The highest BCUT2D eigenvalue weighted by Gasteiger charge is 2.54. The fraction of sp³-hybridized carbons (Fsp3) is 0.200. The summed E-state index contributed by atoms with van der Waals surface area (Å²) in [5.74, 6) is 0.0352. The average Bonchev–Trinajstić information content (AvgIpc) is 3.01. The third-order valence-electron chi connectivity index (χ3n) is 4.01. The van der Waals surface area contributed by atoms with E-state index in [2.05, 4.69) is 10.3 Å². The van der Waals surface area contributed by atoms with Gasteiger partial charge in [0.1, 0.15) is 0 Å². The summed E-state index contributed by atoms with van der Waals surface area (Å²) in [6, 6.07) is 11.2. The predicted molar refractivity (Wildman–Crippen MR) is 75.5 cm³/mol. The number of hydrogen-bond donors (Lipinski definition) is 1. The molecular formula is C15H12ClN3O. The minimum atomic E-state index is -0.641. The summed E-state index contributed by atoms with van der Waals surface area (Å²) in [5.41, 5.74) is 1.81. The Morgan fingerprint density at radius 2 is 2.05 bits per heavy atom. The minimum Gasteiger partial charge on any atom is -0.309 e. The van der Waals surface area contributed by atoms with Crippen LogP contribution in [0.25, 0.3) is 0 Å². The van der Waals surface area contributed by atoms with Gasteiger partial charge in [-0.15, -0.1) is 0 Å². The van der Waals surface area contributed by atoms with Gasteiger partial charge in [0.15, 0.2) is 5.66 Å². The molecule has 2 aliphatic heterocycles. The lowest BCUT2D eigenvalue weighted by Crippen LogP contribution is -2.47. The Kier molecular flexibility index (Phi) is 2.40. The molecule has 2 aliphatic rings. The monoisotopic (exact) mass is 285 g/mol. The van der Waals surface area contributed by atoms with Gasteiger partial charge in [-0.1, -0.05) is 23.7 Å². The number of nitrogens with zero attached hydrogens (tertiary/aromatic N) is 2. The molecule has 3 heterocycles. The Balaban J connectivity index is 1.99. The standard InChI is InChI=1S/C15H12ClN3O/c16-11-5-3-10(4-6-11)15-13-12(2-1-7-17-13)14(20)19(15)9-8-18-15/h1-7,18H,8-9H2. The maximum atomic E-state index is 12.5. The summed E-state index contributed by atoms with van der Waals surface area (Å²) in [6.07, 6.45) is 1.73.